The summed E-state index contributed by atoms with van der Waals surface area (Å²) in [4.78, 5) is 10.5. The molecular formula is C11H15BrN2O. The monoisotopic (exact) mass is 270 g/mol. The number of rotatable bonds is 5. The summed E-state index contributed by atoms with van der Waals surface area (Å²) in [7, 11) is 0. The molecule has 0 radical (unpaired) electrons. The lowest BCUT2D eigenvalue weighted by Gasteiger charge is -2.13. The van der Waals surface area contributed by atoms with Crippen LogP contribution in [0.25, 0.3) is 0 Å². The Morgan fingerprint density at radius 1 is 1.60 bits per heavy atom. The second-order valence-electron chi connectivity index (χ2n) is 3.45. The van der Waals surface area contributed by atoms with Crippen LogP contribution >= 0.6 is 15.9 Å². The molecule has 15 heavy (non-hydrogen) atoms. The number of carbonyl (C=O) groups excluding carboxylic acids is 1. The van der Waals surface area contributed by atoms with Crippen LogP contribution in [0.5, 0.6) is 0 Å². The molecule has 3 N–H and O–H groups in total. The fourth-order valence-electron chi connectivity index (χ4n) is 1.31. The normalized spacial score (nSPS) is 12.4. The first-order chi connectivity index (χ1) is 7.09. The molecule has 0 spiro atoms. The first-order valence-corrected chi connectivity index (χ1v) is 5.66. The molecule has 1 aromatic carbocycles. The van der Waals surface area contributed by atoms with Crippen molar-refractivity contribution in [2.24, 2.45) is 5.73 Å². The Hall–Kier alpha value is -0.870. The molecular weight excluding hydrogens is 256 g/mol. The van der Waals surface area contributed by atoms with Gasteiger partial charge in [0.25, 0.3) is 0 Å². The molecule has 0 heterocycles. The predicted molar refractivity (Wildman–Crippen MR) is 64.4 cm³/mol. The van der Waals surface area contributed by atoms with Gasteiger partial charge in [0.15, 0.2) is 0 Å². The van der Waals surface area contributed by atoms with Crippen molar-refractivity contribution in [2.75, 3.05) is 6.54 Å². The molecule has 1 rings (SSSR count). The maximum Gasteiger partial charge on any atom is 0.218 e. The van der Waals surface area contributed by atoms with Crippen molar-refractivity contribution in [3.8, 4) is 0 Å². The van der Waals surface area contributed by atoms with Crippen LogP contribution in [0.4, 0.5) is 0 Å². The topological polar surface area (TPSA) is 55.1 Å². The van der Waals surface area contributed by atoms with E-state index in [2.05, 4.69) is 34.2 Å². The highest BCUT2D eigenvalue weighted by Crippen LogP contribution is 2.17. The Morgan fingerprint density at radius 2 is 2.33 bits per heavy atom. The molecule has 0 aliphatic rings. The number of halogens is 1. The van der Waals surface area contributed by atoms with E-state index in [1.807, 2.05) is 18.2 Å². The fraction of sp³-hybridized carbons (Fsp3) is 0.364. The van der Waals surface area contributed by atoms with E-state index in [0.29, 0.717) is 13.0 Å². The first kappa shape index (κ1) is 12.2. The average Bonchev–Trinajstić information content (AvgIpc) is 2.17. The van der Waals surface area contributed by atoms with Gasteiger partial charge in [0.05, 0.1) is 0 Å². The summed E-state index contributed by atoms with van der Waals surface area (Å²) in [5.41, 5.74) is 6.24. The number of nitrogens with two attached hydrogens (primary N) is 1. The maximum absolute atomic E-state index is 10.5. The number of benzene rings is 1. The minimum Gasteiger partial charge on any atom is -0.370 e. The molecule has 0 fully saturated rings. The van der Waals surface area contributed by atoms with Crippen LogP contribution in [0.1, 0.15) is 24.9 Å². The van der Waals surface area contributed by atoms with Gasteiger partial charge in [-0.25, -0.2) is 0 Å². The van der Waals surface area contributed by atoms with Gasteiger partial charge < -0.3 is 11.1 Å². The van der Waals surface area contributed by atoms with Crippen molar-refractivity contribution in [3.63, 3.8) is 0 Å². The first-order valence-electron chi connectivity index (χ1n) is 4.86. The summed E-state index contributed by atoms with van der Waals surface area (Å²) < 4.78 is 1.06. The number of hydrogen-bond acceptors (Lipinski definition) is 2. The zero-order valence-electron chi connectivity index (χ0n) is 8.66. The predicted octanol–water partition coefficient (Wildman–Crippen LogP) is 1.98. The van der Waals surface area contributed by atoms with Crippen molar-refractivity contribution in [1.82, 2.24) is 5.32 Å². The van der Waals surface area contributed by atoms with Gasteiger partial charge in [-0.15, -0.1) is 0 Å². The molecule has 1 aromatic rings. The Morgan fingerprint density at radius 3 is 2.93 bits per heavy atom. The summed E-state index contributed by atoms with van der Waals surface area (Å²) in [5, 5.41) is 3.24. The Labute approximate surface area is 98.2 Å². The molecule has 0 saturated carbocycles. The standard InChI is InChI=1S/C11H15BrN2O/c1-8(14-6-5-11(13)15)9-3-2-4-10(12)7-9/h2-4,7-8,14H,5-6H2,1H3,(H2,13,15)/t8-/m0/s1. The van der Waals surface area contributed by atoms with Crippen molar-refractivity contribution < 1.29 is 4.79 Å². The highest BCUT2D eigenvalue weighted by Gasteiger charge is 2.04. The molecule has 0 saturated heterocycles. The van der Waals surface area contributed by atoms with E-state index in [-0.39, 0.29) is 11.9 Å². The number of hydrogen-bond donors (Lipinski definition) is 2. The third kappa shape index (κ3) is 4.44. The van der Waals surface area contributed by atoms with E-state index in [9.17, 15) is 4.79 Å². The zero-order valence-corrected chi connectivity index (χ0v) is 10.3. The zero-order chi connectivity index (χ0) is 11.3. The minimum atomic E-state index is -0.274. The molecule has 0 aliphatic heterocycles. The molecule has 0 bridgehead atoms. The van der Waals surface area contributed by atoms with Crippen molar-refractivity contribution in [1.29, 1.82) is 0 Å². The summed E-state index contributed by atoms with van der Waals surface area (Å²) in [6.45, 7) is 2.67. The summed E-state index contributed by atoms with van der Waals surface area (Å²) in [6, 6.07) is 8.31. The van der Waals surface area contributed by atoms with Gasteiger partial charge in [-0.2, -0.15) is 0 Å². The van der Waals surface area contributed by atoms with Crippen LogP contribution < -0.4 is 11.1 Å². The van der Waals surface area contributed by atoms with Crippen LogP contribution in [0.2, 0.25) is 0 Å². The Kier molecular flexibility index (Phi) is 4.78. The van der Waals surface area contributed by atoms with Gasteiger partial charge >= 0.3 is 0 Å². The van der Waals surface area contributed by atoms with Gasteiger partial charge in [-0.05, 0) is 24.6 Å². The number of nitrogens with one attached hydrogen (secondary N) is 1. The van der Waals surface area contributed by atoms with Gasteiger partial charge in [0.1, 0.15) is 0 Å². The van der Waals surface area contributed by atoms with E-state index in [0.717, 1.165) is 4.47 Å². The van der Waals surface area contributed by atoms with Gasteiger partial charge in [0, 0.05) is 23.5 Å². The molecule has 0 aliphatic carbocycles. The minimum absolute atomic E-state index is 0.224. The lowest BCUT2D eigenvalue weighted by Crippen LogP contribution is -2.24. The lowest BCUT2D eigenvalue weighted by molar-refractivity contribution is -0.117. The SMILES string of the molecule is C[C@H](NCCC(N)=O)c1cccc(Br)c1. The number of amides is 1. The summed E-state index contributed by atoms with van der Waals surface area (Å²) in [5.74, 6) is -0.274. The Balaban J connectivity index is 2.46. The Bertz CT molecular complexity index is 341. The van der Waals surface area contributed by atoms with E-state index >= 15 is 0 Å². The van der Waals surface area contributed by atoms with E-state index in [4.69, 9.17) is 5.73 Å². The third-order valence-corrected chi connectivity index (χ3v) is 2.66. The van der Waals surface area contributed by atoms with Crippen molar-refractivity contribution in [2.45, 2.75) is 19.4 Å². The fourth-order valence-corrected chi connectivity index (χ4v) is 1.72. The molecule has 82 valence electrons. The number of primary amides is 1. The van der Waals surface area contributed by atoms with Crippen LogP contribution in [-0.2, 0) is 4.79 Å². The summed E-state index contributed by atoms with van der Waals surface area (Å²) >= 11 is 3.42. The van der Waals surface area contributed by atoms with Crippen LogP contribution in [0.15, 0.2) is 28.7 Å². The van der Waals surface area contributed by atoms with Gasteiger partial charge in [-0.1, -0.05) is 28.1 Å². The quantitative estimate of drug-likeness (QED) is 0.860. The van der Waals surface area contributed by atoms with Crippen LogP contribution in [0.3, 0.4) is 0 Å². The van der Waals surface area contributed by atoms with E-state index in [1.165, 1.54) is 5.56 Å². The lowest BCUT2D eigenvalue weighted by atomic mass is 10.1. The highest BCUT2D eigenvalue weighted by atomic mass is 79.9. The smallest absolute Gasteiger partial charge is 0.218 e. The van der Waals surface area contributed by atoms with Crippen molar-refractivity contribution in [3.05, 3.63) is 34.3 Å². The number of carbonyl (C=O) groups is 1. The van der Waals surface area contributed by atoms with Crippen LogP contribution in [0, 0.1) is 0 Å². The summed E-state index contributed by atoms with van der Waals surface area (Å²) in [6.07, 6.45) is 0.373. The maximum atomic E-state index is 10.5. The van der Waals surface area contributed by atoms with E-state index in [1.54, 1.807) is 0 Å². The molecule has 0 aromatic heterocycles. The molecule has 0 unspecified atom stereocenters. The van der Waals surface area contributed by atoms with E-state index < -0.39 is 0 Å². The van der Waals surface area contributed by atoms with Gasteiger partial charge in [-0.3, -0.25) is 4.79 Å². The third-order valence-electron chi connectivity index (χ3n) is 2.17. The molecule has 1 amide bonds. The second-order valence-corrected chi connectivity index (χ2v) is 4.36. The average molecular weight is 271 g/mol. The van der Waals surface area contributed by atoms with Crippen LogP contribution in [-0.4, -0.2) is 12.5 Å². The van der Waals surface area contributed by atoms with Crippen molar-refractivity contribution >= 4 is 21.8 Å². The molecule has 1 atom stereocenters. The van der Waals surface area contributed by atoms with Gasteiger partial charge in [0.2, 0.25) is 5.91 Å². The molecule has 4 heteroatoms. The second kappa shape index (κ2) is 5.88. The largest absolute Gasteiger partial charge is 0.370 e. The highest BCUT2D eigenvalue weighted by molar-refractivity contribution is 9.10. The molecule has 3 nitrogen and oxygen atoms in total.